The Morgan fingerprint density at radius 1 is 1.13 bits per heavy atom. The van der Waals surface area contributed by atoms with Gasteiger partial charge in [0.25, 0.3) is 0 Å². The lowest BCUT2D eigenvalue weighted by Gasteiger charge is -2.42. The number of nitrogens with two attached hydrogens (primary N) is 2. The van der Waals surface area contributed by atoms with Crippen LogP contribution in [0.2, 0.25) is 0 Å². The molecule has 15 heteroatoms. The van der Waals surface area contributed by atoms with Crippen molar-refractivity contribution in [1.82, 2.24) is 30.0 Å². The van der Waals surface area contributed by atoms with Gasteiger partial charge in [-0.15, -0.1) is 5.10 Å². The zero-order valence-corrected chi connectivity index (χ0v) is 25.7. The Balaban J connectivity index is 1.23. The minimum absolute atomic E-state index is 0.164. The van der Waals surface area contributed by atoms with Crippen molar-refractivity contribution >= 4 is 40.4 Å². The van der Waals surface area contributed by atoms with Crippen LogP contribution < -0.4 is 26.7 Å². The van der Waals surface area contributed by atoms with Crippen LogP contribution in [0.1, 0.15) is 75.9 Å². The maximum Gasteiger partial charge on any atom is 0.404 e. The number of hydrogen-bond donors (Lipinski definition) is 4. The van der Waals surface area contributed by atoms with Crippen LogP contribution in [0.15, 0.2) is 23.4 Å². The number of pyridine rings is 1. The summed E-state index contributed by atoms with van der Waals surface area (Å²) in [6.07, 6.45) is 5.79. The monoisotopic (exact) mass is 619 g/mol. The van der Waals surface area contributed by atoms with Crippen LogP contribution in [0.4, 0.5) is 22.1 Å². The van der Waals surface area contributed by atoms with Gasteiger partial charge in [0.1, 0.15) is 11.5 Å². The van der Waals surface area contributed by atoms with Gasteiger partial charge in [0.05, 0.1) is 36.3 Å². The third kappa shape index (κ3) is 5.17. The van der Waals surface area contributed by atoms with Gasteiger partial charge in [0.2, 0.25) is 0 Å². The summed E-state index contributed by atoms with van der Waals surface area (Å²) in [7, 11) is 0. The molecule has 4 aliphatic rings. The number of piperidine rings is 1. The molecule has 45 heavy (non-hydrogen) atoms. The highest BCUT2D eigenvalue weighted by atomic mass is 16.5. The van der Waals surface area contributed by atoms with E-state index in [4.69, 9.17) is 41.1 Å². The molecule has 0 aliphatic carbocycles. The van der Waals surface area contributed by atoms with Gasteiger partial charge in [0, 0.05) is 37.6 Å². The number of nitrogens with one attached hydrogen (secondary N) is 1. The van der Waals surface area contributed by atoms with E-state index in [9.17, 15) is 9.90 Å². The molecule has 7 heterocycles. The molecule has 0 saturated carbocycles. The highest BCUT2D eigenvalue weighted by Gasteiger charge is 2.50. The summed E-state index contributed by atoms with van der Waals surface area (Å²) in [5.74, 6) is 7.33. The molecule has 4 atom stereocenters. The number of aromatic nitrogens is 5. The molecule has 7 rings (SSSR count). The van der Waals surface area contributed by atoms with Crippen LogP contribution in [-0.2, 0) is 9.47 Å². The summed E-state index contributed by atoms with van der Waals surface area (Å²) in [5.41, 5.74) is 9.55. The van der Waals surface area contributed by atoms with Gasteiger partial charge in [0.15, 0.2) is 29.0 Å². The summed E-state index contributed by atoms with van der Waals surface area (Å²) in [4.78, 5) is 30.9. The second-order valence-electron chi connectivity index (χ2n) is 12.7. The topological polar surface area (TPSA) is 195 Å². The van der Waals surface area contributed by atoms with E-state index in [0.29, 0.717) is 30.1 Å². The summed E-state index contributed by atoms with van der Waals surface area (Å²) in [6.45, 7) is 7.50. The van der Waals surface area contributed by atoms with Crippen molar-refractivity contribution in [2.45, 2.75) is 76.7 Å². The predicted octanol–water partition coefficient (Wildman–Crippen LogP) is 2.79. The number of anilines is 3. The molecule has 0 radical (unpaired) electrons. The number of amidine groups is 1. The summed E-state index contributed by atoms with van der Waals surface area (Å²) in [5, 5.41) is 20.9. The lowest BCUT2D eigenvalue weighted by molar-refractivity contribution is -0.0368. The highest BCUT2D eigenvalue weighted by molar-refractivity contribution is 5.96. The standard InChI is InChI=1S/C30H41N11O4/c1-17-8-11-40(20-7-6-19(26(31)37-32)34-23(17)20)28-24-27(41(38-28)22-5-3-4-14-44-22)35-21(15-33-24)39-12-9-30(10-13-39)16-45-18(2)25(30)36-29(42)43/h6-7,15,17-18,22,25,36H,3-5,8-14,16,32H2,1-2H3,(H2,31,37)(H,42,43)/t17?,18-,22?,25+/m0/s1. The molecule has 6 N–H and O–H groups in total. The van der Waals surface area contributed by atoms with Crippen LogP contribution in [0.3, 0.4) is 0 Å². The molecule has 15 nitrogen and oxygen atoms in total. The van der Waals surface area contributed by atoms with E-state index in [1.807, 2.05) is 29.9 Å². The molecule has 0 bridgehead atoms. The maximum atomic E-state index is 11.5. The first-order chi connectivity index (χ1) is 21.8. The molecule has 3 aromatic rings. The van der Waals surface area contributed by atoms with E-state index in [-0.39, 0.29) is 35.5 Å². The number of nitrogens with zero attached hydrogens (tertiary/aromatic N) is 8. The summed E-state index contributed by atoms with van der Waals surface area (Å²) < 4.78 is 14.0. The van der Waals surface area contributed by atoms with E-state index >= 15 is 0 Å². The lowest BCUT2D eigenvalue weighted by atomic mass is 9.73. The normalized spacial score (nSPS) is 26.8. The first kappa shape index (κ1) is 29.5. The van der Waals surface area contributed by atoms with Gasteiger partial charge in [-0.1, -0.05) is 6.92 Å². The fraction of sp³-hybridized carbons (Fsp3) is 0.600. The molecule has 1 amide bonds. The van der Waals surface area contributed by atoms with Crippen molar-refractivity contribution in [3.63, 3.8) is 0 Å². The zero-order valence-electron chi connectivity index (χ0n) is 25.7. The van der Waals surface area contributed by atoms with Gasteiger partial charge in [-0.3, -0.25) is 0 Å². The van der Waals surface area contributed by atoms with Crippen molar-refractivity contribution in [3.8, 4) is 0 Å². The van der Waals surface area contributed by atoms with E-state index in [0.717, 1.165) is 81.2 Å². The summed E-state index contributed by atoms with van der Waals surface area (Å²) >= 11 is 0. The molecule has 0 aromatic carbocycles. The number of carboxylic acid groups (broad SMARTS) is 1. The number of carbonyl (C=O) groups is 1. The number of amides is 1. The van der Waals surface area contributed by atoms with Gasteiger partial charge >= 0.3 is 6.09 Å². The van der Waals surface area contributed by atoms with Crippen LogP contribution in [0.25, 0.3) is 11.2 Å². The fourth-order valence-corrected chi connectivity index (χ4v) is 7.42. The van der Waals surface area contributed by atoms with Crippen molar-refractivity contribution in [1.29, 1.82) is 0 Å². The largest absolute Gasteiger partial charge is 0.465 e. The Morgan fingerprint density at radius 2 is 1.96 bits per heavy atom. The molecule has 1 spiro atoms. The average Bonchev–Trinajstić information content (AvgIpc) is 3.58. The Morgan fingerprint density at radius 3 is 2.69 bits per heavy atom. The van der Waals surface area contributed by atoms with Crippen LogP contribution >= 0.6 is 0 Å². The first-order valence-electron chi connectivity index (χ1n) is 15.8. The van der Waals surface area contributed by atoms with Crippen molar-refractivity contribution in [3.05, 3.63) is 29.7 Å². The minimum atomic E-state index is -1.01. The number of hydrogen-bond acceptors (Lipinski definition) is 11. The maximum absolute atomic E-state index is 11.5. The second-order valence-corrected chi connectivity index (χ2v) is 12.7. The lowest BCUT2D eigenvalue weighted by Crippen LogP contribution is -2.54. The third-order valence-corrected chi connectivity index (χ3v) is 10.0. The number of ether oxygens (including phenoxy) is 2. The smallest absolute Gasteiger partial charge is 0.404 e. The van der Waals surface area contributed by atoms with Crippen molar-refractivity contribution in [2.75, 3.05) is 42.6 Å². The number of fused-ring (bicyclic) bond motifs is 2. The molecule has 2 unspecified atom stereocenters. The molecule has 240 valence electrons. The summed E-state index contributed by atoms with van der Waals surface area (Å²) in [6, 6.07) is 3.59. The van der Waals surface area contributed by atoms with Gasteiger partial charge in [-0.05, 0) is 57.6 Å². The molecule has 3 fully saturated rings. The second kappa shape index (κ2) is 11.6. The highest BCUT2D eigenvalue weighted by Crippen LogP contribution is 2.44. The van der Waals surface area contributed by atoms with Crippen LogP contribution in [0, 0.1) is 5.41 Å². The first-order valence-corrected chi connectivity index (χ1v) is 15.8. The van der Waals surface area contributed by atoms with Gasteiger partial charge in [-0.25, -0.2) is 24.4 Å². The van der Waals surface area contributed by atoms with Crippen LogP contribution in [0.5, 0.6) is 0 Å². The Hall–Kier alpha value is -4.24. The predicted molar refractivity (Wildman–Crippen MR) is 168 cm³/mol. The quantitative estimate of drug-likeness (QED) is 0.141. The van der Waals surface area contributed by atoms with Gasteiger partial charge < -0.3 is 41.3 Å². The number of rotatable bonds is 5. The van der Waals surface area contributed by atoms with E-state index in [1.54, 1.807) is 0 Å². The molecule has 3 aromatic heterocycles. The Labute approximate surface area is 261 Å². The van der Waals surface area contributed by atoms with E-state index in [2.05, 4.69) is 27.1 Å². The van der Waals surface area contributed by atoms with Gasteiger partial charge in [-0.2, -0.15) is 5.10 Å². The Bertz CT molecular complexity index is 1610. The third-order valence-electron chi connectivity index (χ3n) is 10.0. The molecular weight excluding hydrogens is 578 g/mol. The molecule has 4 aliphatic heterocycles. The van der Waals surface area contributed by atoms with E-state index < -0.39 is 6.09 Å². The minimum Gasteiger partial charge on any atom is -0.465 e. The average molecular weight is 620 g/mol. The Kier molecular flexibility index (Phi) is 7.60. The van der Waals surface area contributed by atoms with E-state index in [1.165, 1.54) is 0 Å². The SMILES string of the molecule is CC1CCN(c2nn(C3CCCCO3)c3nc(N4CCC5(CC4)CO[C@@H](C)[C@H]5NC(=O)O)cnc23)c2ccc(/C(N)=N/N)nc21. The zero-order chi connectivity index (χ0) is 31.3. The van der Waals surface area contributed by atoms with Crippen molar-refractivity contribution < 1.29 is 19.4 Å². The molecular formula is C30H41N11O4. The molecule has 3 saturated heterocycles. The van der Waals surface area contributed by atoms with Crippen molar-refractivity contribution in [2.24, 2.45) is 22.1 Å². The fourth-order valence-electron chi connectivity index (χ4n) is 7.42. The number of hydrazone groups is 1. The van der Waals surface area contributed by atoms with Crippen LogP contribution in [-0.4, -0.2) is 86.8 Å².